The van der Waals surface area contributed by atoms with Gasteiger partial charge in [-0.05, 0) is 36.9 Å². The van der Waals surface area contributed by atoms with Crippen LogP contribution in [0.2, 0.25) is 0 Å². The summed E-state index contributed by atoms with van der Waals surface area (Å²) in [6.07, 6.45) is 0.189. The summed E-state index contributed by atoms with van der Waals surface area (Å²) in [5.41, 5.74) is 0.770. The molecule has 2 heterocycles. The standard InChI is InChI=1S/C17H20N4O3S2/c1-3-24-13-7-5-12(6-8-13)21-10-11(9-14(21)22)15(23)18-16-19-20-17(26-16)25-4-2/h5-8,11H,3-4,9-10H2,1-2H3,(H,18,19,23)/t11-/m1/s1. The van der Waals surface area contributed by atoms with Crippen molar-refractivity contribution >= 4 is 45.7 Å². The average molecular weight is 393 g/mol. The Morgan fingerprint density at radius 1 is 1.35 bits per heavy atom. The van der Waals surface area contributed by atoms with E-state index >= 15 is 0 Å². The van der Waals surface area contributed by atoms with Crippen molar-refractivity contribution in [2.24, 2.45) is 5.92 Å². The first kappa shape index (κ1) is 18.7. The molecule has 3 rings (SSSR count). The molecule has 26 heavy (non-hydrogen) atoms. The largest absolute Gasteiger partial charge is 0.494 e. The van der Waals surface area contributed by atoms with Crippen molar-refractivity contribution in [3.8, 4) is 5.75 Å². The van der Waals surface area contributed by atoms with Crippen LogP contribution in [-0.2, 0) is 9.59 Å². The number of nitrogens with one attached hydrogen (secondary N) is 1. The second kappa shape index (κ2) is 8.50. The Kier molecular flexibility index (Phi) is 6.10. The number of thioether (sulfide) groups is 1. The van der Waals surface area contributed by atoms with Crippen molar-refractivity contribution in [2.45, 2.75) is 24.6 Å². The van der Waals surface area contributed by atoms with Crippen LogP contribution >= 0.6 is 23.1 Å². The molecule has 9 heteroatoms. The number of hydrogen-bond acceptors (Lipinski definition) is 7. The molecule has 7 nitrogen and oxygen atoms in total. The first-order valence-corrected chi connectivity index (χ1v) is 10.2. The number of benzene rings is 1. The fraction of sp³-hybridized carbons (Fsp3) is 0.412. The zero-order chi connectivity index (χ0) is 18.5. The Bertz CT molecular complexity index is 779. The van der Waals surface area contributed by atoms with E-state index in [1.807, 2.05) is 38.1 Å². The van der Waals surface area contributed by atoms with E-state index in [0.29, 0.717) is 18.3 Å². The summed E-state index contributed by atoms with van der Waals surface area (Å²) in [5, 5.41) is 11.2. The van der Waals surface area contributed by atoms with Crippen LogP contribution < -0.4 is 15.0 Å². The minimum atomic E-state index is -0.403. The van der Waals surface area contributed by atoms with E-state index in [9.17, 15) is 9.59 Å². The monoisotopic (exact) mass is 392 g/mol. The zero-order valence-corrected chi connectivity index (χ0v) is 16.2. The molecule has 1 aliphatic rings. The Morgan fingerprint density at radius 2 is 2.12 bits per heavy atom. The summed E-state index contributed by atoms with van der Waals surface area (Å²) in [4.78, 5) is 26.4. The van der Waals surface area contributed by atoms with Crippen LogP contribution in [0.4, 0.5) is 10.8 Å². The van der Waals surface area contributed by atoms with Gasteiger partial charge in [-0.25, -0.2) is 0 Å². The summed E-state index contributed by atoms with van der Waals surface area (Å²) in [7, 11) is 0. The highest BCUT2D eigenvalue weighted by molar-refractivity contribution is 8.01. The van der Waals surface area contributed by atoms with Gasteiger partial charge in [0.05, 0.1) is 12.5 Å². The van der Waals surface area contributed by atoms with Gasteiger partial charge in [-0.3, -0.25) is 9.59 Å². The molecule has 0 aliphatic carbocycles. The molecule has 1 aromatic carbocycles. The number of hydrogen-bond donors (Lipinski definition) is 1. The van der Waals surface area contributed by atoms with Crippen LogP contribution in [0.5, 0.6) is 5.75 Å². The topological polar surface area (TPSA) is 84.4 Å². The lowest BCUT2D eigenvalue weighted by molar-refractivity contribution is -0.122. The number of rotatable bonds is 7. The molecule has 1 atom stereocenters. The van der Waals surface area contributed by atoms with Gasteiger partial charge in [0, 0.05) is 18.7 Å². The third-order valence-corrected chi connectivity index (χ3v) is 5.71. The number of amides is 2. The minimum Gasteiger partial charge on any atom is -0.494 e. The predicted octanol–water partition coefficient (Wildman–Crippen LogP) is 3.04. The van der Waals surface area contributed by atoms with Gasteiger partial charge in [0.15, 0.2) is 4.34 Å². The molecule has 1 saturated heterocycles. The third kappa shape index (κ3) is 4.34. The SMILES string of the molecule is CCOc1ccc(N2C[C@H](C(=O)Nc3nnc(SCC)s3)CC2=O)cc1. The van der Waals surface area contributed by atoms with Crippen LogP contribution in [0.1, 0.15) is 20.3 Å². The fourth-order valence-corrected chi connectivity index (χ4v) is 4.32. The van der Waals surface area contributed by atoms with Crippen LogP contribution in [0.25, 0.3) is 0 Å². The van der Waals surface area contributed by atoms with E-state index < -0.39 is 5.92 Å². The summed E-state index contributed by atoms with van der Waals surface area (Å²) < 4.78 is 6.24. The van der Waals surface area contributed by atoms with Gasteiger partial charge >= 0.3 is 0 Å². The number of carbonyl (C=O) groups excluding carboxylic acids is 2. The van der Waals surface area contributed by atoms with Gasteiger partial charge in [0.1, 0.15) is 5.75 Å². The van der Waals surface area contributed by atoms with Gasteiger partial charge in [0.2, 0.25) is 16.9 Å². The van der Waals surface area contributed by atoms with Crippen molar-refractivity contribution < 1.29 is 14.3 Å². The fourth-order valence-electron chi connectivity index (χ4n) is 2.67. The number of anilines is 2. The van der Waals surface area contributed by atoms with Crippen LogP contribution in [0.15, 0.2) is 28.6 Å². The predicted molar refractivity (Wildman–Crippen MR) is 103 cm³/mol. The lowest BCUT2D eigenvalue weighted by Crippen LogP contribution is -2.28. The Balaban J connectivity index is 1.61. The molecule has 0 spiro atoms. The van der Waals surface area contributed by atoms with Crippen molar-refractivity contribution in [1.82, 2.24) is 10.2 Å². The zero-order valence-electron chi connectivity index (χ0n) is 14.6. The second-order valence-corrected chi connectivity index (χ2v) is 8.12. The van der Waals surface area contributed by atoms with Gasteiger partial charge < -0.3 is 15.0 Å². The highest BCUT2D eigenvalue weighted by Gasteiger charge is 2.35. The minimum absolute atomic E-state index is 0.0613. The normalized spacial score (nSPS) is 16.8. The first-order valence-electron chi connectivity index (χ1n) is 8.41. The molecule has 2 amide bonds. The molecule has 0 unspecified atom stereocenters. The highest BCUT2D eigenvalue weighted by atomic mass is 32.2. The van der Waals surface area contributed by atoms with E-state index in [-0.39, 0.29) is 18.2 Å². The van der Waals surface area contributed by atoms with Gasteiger partial charge in [-0.15, -0.1) is 10.2 Å². The number of ether oxygens (including phenoxy) is 1. The molecule has 1 fully saturated rings. The van der Waals surface area contributed by atoms with Gasteiger partial charge in [0.25, 0.3) is 0 Å². The average Bonchev–Trinajstić information content (AvgIpc) is 3.23. The van der Waals surface area contributed by atoms with E-state index in [1.165, 1.54) is 11.3 Å². The molecular formula is C17H20N4O3S2. The second-order valence-electron chi connectivity index (χ2n) is 5.63. The molecular weight excluding hydrogens is 372 g/mol. The summed E-state index contributed by atoms with van der Waals surface area (Å²) in [6.45, 7) is 4.90. The Morgan fingerprint density at radius 3 is 2.81 bits per heavy atom. The molecule has 0 radical (unpaired) electrons. The molecule has 0 saturated carbocycles. The maximum Gasteiger partial charge on any atom is 0.231 e. The van der Waals surface area contributed by atoms with Crippen molar-refractivity contribution in [2.75, 3.05) is 29.1 Å². The molecule has 138 valence electrons. The van der Waals surface area contributed by atoms with Crippen LogP contribution in [-0.4, -0.2) is 40.9 Å². The summed E-state index contributed by atoms with van der Waals surface area (Å²) in [6, 6.07) is 7.33. The van der Waals surface area contributed by atoms with E-state index in [2.05, 4.69) is 15.5 Å². The maximum atomic E-state index is 12.5. The lowest BCUT2D eigenvalue weighted by Gasteiger charge is -2.17. The Hall–Kier alpha value is -2.13. The lowest BCUT2D eigenvalue weighted by atomic mass is 10.1. The molecule has 1 N–H and O–H groups in total. The third-order valence-electron chi connectivity index (χ3n) is 3.86. The molecule has 1 aromatic heterocycles. The van der Waals surface area contributed by atoms with Crippen molar-refractivity contribution in [3.63, 3.8) is 0 Å². The summed E-state index contributed by atoms with van der Waals surface area (Å²) >= 11 is 2.92. The summed E-state index contributed by atoms with van der Waals surface area (Å²) in [5.74, 6) is 0.996. The van der Waals surface area contributed by atoms with Crippen LogP contribution in [0, 0.1) is 5.92 Å². The Labute approximate surface area is 160 Å². The smallest absolute Gasteiger partial charge is 0.231 e. The van der Waals surface area contributed by atoms with E-state index in [1.54, 1.807) is 16.7 Å². The van der Waals surface area contributed by atoms with Gasteiger partial charge in [-0.2, -0.15) is 0 Å². The van der Waals surface area contributed by atoms with Crippen molar-refractivity contribution in [1.29, 1.82) is 0 Å². The number of carbonyl (C=O) groups is 2. The molecule has 2 aromatic rings. The first-order chi connectivity index (χ1) is 12.6. The number of aromatic nitrogens is 2. The van der Waals surface area contributed by atoms with E-state index in [0.717, 1.165) is 21.5 Å². The molecule has 0 bridgehead atoms. The van der Waals surface area contributed by atoms with E-state index in [4.69, 9.17) is 4.74 Å². The number of nitrogens with zero attached hydrogens (tertiary/aromatic N) is 3. The van der Waals surface area contributed by atoms with Crippen molar-refractivity contribution in [3.05, 3.63) is 24.3 Å². The maximum absolute atomic E-state index is 12.5. The highest BCUT2D eigenvalue weighted by Crippen LogP contribution is 2.29. The van der Waals surface area contributed by atoms with Crippen LogP contribution in [0.3, 0.4) is 0 Å². The quantitative estimate of drug-likeness (QED) is 0.576. The van der Waals surface area contributed by atoms with Gasteiger partial charge in [-0.1, -0.05) is 30.0 Å². The molecule has 1 aliphatic heterocycles.